The lowest BCUT2D eigenvalue weighted by Gasteiger charge is -2.33. The molecule has 2 fully saturated rings. The minimum absolute atomic E-state index is 0.188. The van der Waals surface area contributed by atoms with Gasteiger partial charge in [0.2, 0.25) is 0 Å². The SMILES string of the molecule is COC=C1CC2CCC(C1)N2C(=O)O. The third kappa shape index (κ3) is 1.45. The Labute approximate surface area is 83.2 Å². The van der Waals surface area contributed by atoms with Gasteiger partial charge in [-0.25, -0.2) is 4.79 Å². The van der Waals surface area contributed by atoms with E-state index in [0.717, 1.165) is 25.7 Å². The first-order valence-electron chi connectivity index (χ1n) is 4.94. The van der Waals surface area contributed by atoms with Crippen molar-refractivity contribution in [3.8, 4) is 0 Å². The second-order valence-corrected chi connectivity index (χ2v) is 3.99. The van der Waals surface area contributed by atoms with Crippen molar-refractivity contribution in [1.29, 1.82) is 0 Å². The topological polar surface area (TPSA) is 49.8 Å². The van der Waals surface area contributed by atoms with Crippen LogP contribution in [0, 0.1) is 0 Å². The van der Waals surface area contributed by atoms with E-state index in [-0.39, 0.29) is 12.1 Å². The molecule has 2 aliphatic heterocycles. The van der Waals surface area contributed by atoms with Gasteiger partial charge in [0.1, 0.15) is 0 Å². The molecule has 0 aromatic rings. The van der Waals surface area contributed by atoms with Gasteiger partial charge in [0.25, 0.3) is 0 Å². The van der Waals surface area contributed by atoms with Gasteiger partial charge in [-0.05, 0) is 31.3 Å². The van der Waals surface area contributed by atoms with Crippen LogP contribution in [0.5, 0.6) is 0 Å². The summed E-state index contributed by atoms with van der Waals surface area (Å²) in [5.41, 5.74) is 1.25. The lowest BCUT2D eigenvalue weighted by atomic mass is 9.98. The van der Waals surface area contributed by atoms with Gasteiger partial charge in [-0.2, -0.15) is 0 Å². The van der Waals surface area contributed by atoms with Crippen LogP contribution >= 0.6 is 0 Å². The van der Waals surface area contributed by atoms with Gasteiger partial charge in [-0.1, -0.05) is 0 Å². The van der Waals surface area contributed by atoms with Gasteiger partial charge < -0.3 is 14.7 Å². The summed E-state index contributed by atoms with van der Waals surface area (Å²) in [7, 11) is 1.64. The van der Waals surface area contributed by atoms with E-state index in [0.29, 0.717) is 0 Å². The van der Waals surface area contributed by atoms with Crippen molar-refractivity contribution >= 4 is 6.09 Å². The van der Waals surface area contributed by atoms with Gasteiger partial charge in [0, 0.05) is 12.1 Å². The summed E-state index contributed by atoms with van der Waals surface area (Å²) in [6, 6.07) is 0.375. The number of methoxy groups -OCH3 is 1. The number of carboxylic acid groups (broad SMARTS) is 1. The average molecular weight is 197 g/mol. The first-order chi connectivity index (χ1) is 6.72. The zero-order valence-corrected chi connectivity index (χ0v) is 8.27. The van der Waals surface area contributed by atoms with E-state index >= 15 is 0 Å². The van der Waals surface area contributed by atoms with E-state index in [9.17, 15) is 4.79 Å². The Balaban J connectivity index is 2.12. The molecule has 0 aromatic heterocycles. The monoisotopic (exact) mass is 197 g/mol. The Kier molecular flexibility index (Phi) is 2.35. The molecule has 0 aromatic carbocycles. The predicted octanol–water partition coefficient (Wildman–Crippen LogP) is 1.82. The van der Waals surface area contributed by atoms with Crippen LogP contribution in [0.1, 0.15) is 25.7 Å². The number of hydrogen-bond acceptors (Lipinski definition) is 2. The number of fused-ring (bicyclic) bond motifs is 2. The number of piperidine rings is 1. The standard InChI is InChI=1S/C10H15NO3/c1-14-6-7-4-8-2-3-9(5-7)11(8)10(12)13/h6,8-9H,2-5H2,1H3,(H,12,13). The number of hydrogen-bond donors (Lipinski definition) is 1. The molecule has 0 radical (unpaired) electrons. The van der Waals surface area contributed by atoms with Gasteiger partial charge in [-0.15, -0.1) is 0 Å². The molecule has 0 saturated carbocycles. The van der Waals surface area contributed by atoms with Gasteiger partial charge in [0.15, 0.2) is 0 Å². The molecular formula is C10H15NO3. The van der Waals surface area contributed by atoms with E-state index in [1.54, 1.807) is 18.3 Å². The molecule has 2 bridgehead atoms. The first-order valence-corrected chi connectivity index (χ1v) is 4.94. The van der Waals surface area contributed by atoms with Crippen molar-refractivity contribution in [3.05, 3.63) is 11.8 Å². The van der Waals surface area contributed by atoms with Crippen molar-refractivity contribution in [2.24, 2.45) is 0 Å². The molecule has 0 aliphatic carbocycles. The van der Waals surface area contributed by atoms with Crippen molar-refractivity contribution in [2.75, 3.05) is 7.11 Å². The highest BCUT2D eigenvalue weighted by atomic mass is 16.5. The minimum Gasteiger partial charge on any atom is -0.504 e. The predicted molar refractivity (Wildman–Crippen MR) is 51.0 cm³/mol. The molecule has 2 saturated heterocycles. The van der Waals surface area contributed by atoms with Crippen molar-refractivity contribution in [1.82, 2.24) is 4.90 Å². The molecule has 1 amide bonds. The number of carbonyl (C=O) groups is 1. The minimum atomic E-state index is -0.769. The van der Waals surface area contributed by atoms with Gasteiger partial charge >= 0.3 is 6.09 Å². The molecular weight excluding hydrogens is 182 g/mol. The third-order valence-electron chi connectivity index (χ3n) is 3.12. The second-order valence-electron chi connectivity index (χ2n) is 3.99. The lowest BCUT2D eigenvalue weighted by molar-refractivity contribution is 0.112. The number of nitrogens with zero attached hydrogens (tertiary/aromatic N) is 1. The fourth-order valence-corrected chi connectivity index (χ4v) is 2.63. The summed E-state index contributed by atoms with van der Waals surface area (Å²) < 4.78 is 4.97. The van der Waals surface area contributed by atoms with Crippen LogP contribution in [0.2, 0.25) is 0 Å². The Morgan fingerprint density at radius 2 is 2.07 bits per heavy atom. The fraction of sp³-hybridized carbons (Fsp3) is 0.700. The molecule has 14 heavy (non-hydrogen) atoms. The Morgan fingerprint density at radius 3 is 2.50 bits per heavy atom. The summed E-state index contributed by atoms with van der Waals surface area (Å²) in [6.45, 7) is 0. The van der Waals surface area contributed by atoms with Crippen molar-refractivity contribution in [2.45, 2.75) is 37.8 Å². The summed E-state index contributed by atoms with van der Waals surface area (Å²) >= 11 is 0. The van der Waals surface area contributed by atoms with E-state index in [1.807, 2.05) is 0 Å². The molecule has 4 heteroatoms. The van der Waals surface area contributed by atoms with E-state index in [4.69, 9.17) is 9.84 Å². The zero-order valence-electron chi connectivity index (χ0n) is 8.27. The van der Waals surface area contributed by atoms with Crippen molar-refractivity contribution < 1.29 is 14.6 Å². The van der Waals surface area contributed by atoms with Crippen LogP contribution < -0.4 is 0 Å². The maximum absolute atomic E-state index is 11.0. The molecule has 2 unspecified atom stereocenters. The average Bonchev–Trinajstić information content (AvgIpc) is 2.39. The van der Waals surface area contributed by atoms with Crippen LogP contribution in [-0.4, -0.2) is 35.3 Å². The number of amides is 1. The first kappa shape index (κ1) is 9.37. The van der Waals surface area contributed by atoms with Gasteiger partial charge in [0.05, 0.1) is 13.4 Å². The lowest BCUT2D eigenvalue weighted by Crippen LogP contribution is -2.43. The van der Waals surface area contributed by atoms with E-state index in [1.165, 1.54) is 5.57 Å². The molecule has 1 N–H and O–H groups in total. The fourth-order valence-electron chi connectivity index (χ4n) is 2.63. The third-order valence-corrected chi connectivity index (χ3v) is 3.12. The molecule has 2 aliphatic rings. The largest absolute Gasteiger partial charge is 0.504 e. The molecule has 0 spiro atoms. The van der Waals surface area contributed by atoms with E-state index < -0.39 is 6.09 Å². The Hall–Kier alpha value is -1.19. The summed E-state index contributed by atoms with van der Waals surface area (Å²) in [5.74, 6) is 0. The maximum Gasteiger partial charge on any atom is 0.407 e. The molecule has 4 nitrogen and oxygen atoms in total. The molecule has 78 valence electrons. The summed E-state index contributed by atoms with van der Waals surface area (Å²) in [6.07, 6.45) is 4.68. The van der Waals surface area contributed by atoms with Gasteiger partial charge in [-0.3, -0.25) is 0 Å². The highest BCUT2D eigenvalue weighted by molar-refractivity contribution is 5.67. The van der Waals surface area contributed by atoms with Crippen LogP contribution in [0.3, 0.4) is 0 Å². The Morgan fingerprint density at radius 1 is 1.50 bits per heavy atom. The normalized spacial score (nSPS) is 30.4. The zero-order chi connectivity index (χ0) is 10.1. The highest BCUT2D eigenvalue weighted by Crippen LogP contribution is 2.38. The summed E-state index contributed by atoms with van der Waals surface area (Å²) in [5, 5.41) is 9.01. The maximum atomic E-state index is 11.0. The second kappa shape index (κ2) is 3.52. The van der Waals surface area contributed by atoms with Crippen LogP contribution in [0.15, 0.2) is 11.8 Å². The molecule has 2 heterocycles. The highest BCUT2D eigenvalue weighted by Gasteiger charge is 2.41. The van der Waals surface area contributed by atoms with E-state index in [2.05, 4.69) is 0 Å². The quantitative estimate of drug-likeness (QED) is 0.652. The van der Waals surface area contributed by atoms with Crippen LogP contribution in [0.25, 0.3) is 0 Å². The number of ether oxygens (including phenoxy) is 1. The van der Waals surface area contributed by atoms with Crippen LogP contribution in [0.4, 0.5) is 4.79 Å². The smallest absolute Gasteiger partial charge is 0.407 e. The molecule has 2 atom stereocenters. The van der Waals surface area contributed by atoms with Crippen molar-refractivity contribution in [3.63, 3.8) is 0 Å². The molecule has 2 rings (SSSR count). The summed E-state index contributed by atoms with van der Waals surface area (Å²) in [4.78, 5) is 12.6. The Bertz CT molecular complexity index is 259. The number of rotatable bonds is 1. The van der Waals surface area contributed by atoms with Crippen LogP contribution in [-0.2, 0) is 4.74 Å².